The van der Waals surface area contributed by atoms with Gasteiger partial charge in [0.25, 0.3) is 0 Å². The zero-order valence-corrected chi connectivity index (χ0v) is 10.6. The molecule has 15 heavy (non-hydrogen) atoms. The second kappa shape index (κ2) is 4.52. The SMILES string of the molecule is CC1=CCC(/C=C/[C@@H](C)[C@@H](C)O)C1(C)C. The van der Waals surface area contributed by atoms with Gasteiger partial charge in [-0.1, -0.05) is 44.6 Å². The van der Waals surface area contributed by atoms with Crippen molar-refractivity contribution in [1.29, 1.82) is 0 Å². The van der Waals surface area contributed by atoms with Gasteiger partial charge < -0.3 is 5.11 Å². The maximum Gasteiger partial charge on any atom is 0.0572 e. The lowest BCUT2D eigenvalue weighted by molar-refractivity contribution is 0.156. The molecule has 0 radical (unpaired) electrons. The fourth-order valence-electron chi connectivity index (χ4n) is 1.94. The van der Waals surface area contributed by atoms with Gasteiger partial charge in [-0.3, -0.25) is 0 Å². The normalized spacial score (nSPS) is 29.2. The Bertz CT molecular complexity index is 271. The molecular formula is C14H24O. The highest BCUT2D eigenvalue weighted by atomic mass is 16.3. The molecule has 0 aromatic heterocycles. The molecule has 0 saturated heterocycles. The summed E-state index contributed by atoms with van der Waals surface area (Å²) in [5.41, 5.74) is 1.77. The molecule has 1 heteroatoms. The van der Waals surface area contributed by atoms with Crippen LogP contribution in [0.2, 0.25) is 0 Å². The van der Waals surface area contributed by atoms with E-state index in [4.69, 9.17) is 0 Å². The summed E-state index contributed by atoms with van der Waals surface area (Å²) in [6, 6.07) is 0. The van der Waals surface area contributed by atoms with Gasteiger partial charge in [0.2, 0.25) is 0 Å². The zero-order chi connectivity index (χ0) is 11.6. The summed E-state index contributed by atoms with van der Waals surface area (Å²) in [4.78, 5) is 0. The van der Waals surface area contributed by atoms with Gasteiger partial charge in [0.1, 0.15) is 0 Å². The van der Waals surface area contributed by atoms with Crippen molar-refractivity contribution in [1.82, 2.24) is 0 Å². The predicted molar refractivity (Wildman–Crippen MR) is 65.6 cm³/mol. The van der Waals surface area contributed by atoms with Crippen molar-refractivity contribution in [3.63, 3.8) is 0 Å². The third-order valence-corrected chi connectivity index (χ3v) is 4.03. The Balaban J connectivity index is 2.62. The van der Waals surface area contributed by atoms with E-state index in [9.17, 15) is 5.11 Å². The van der Waals surface area contributed by atoms with Gasteiger partial charge in [-0.15, -0.1) is 0 Å². The standard InChI is InChI=1S/C14H24O/c1-10(12(3)15)6-8-13-9-7-11(2)14(13,4)5/h6-8,10,12-13,15H,9H2,1-5H3/b8-6+/t10-,12-,13?/m1/s1. The van der Waals surface area contributed by atoms with Gasteiger partial charge in [-0.05, 0) is 37.5 Å². The molecule has 86 valence electrons. The number of aliphatic hydroxyl groups is 1. The van der Waals surface area contributed by atoms with Crippen LogP contribution in [0.25, 0.3) is 0 Å². The molecule has 0 bridgehead atoms. The molecule has 0 amide bonds. The van der Waals surface area contributed by atoms with Gasteiger partial charge >= 0.3 is 0 Å². The monoisotopic (exact) mass is 208 g/mol. The van der Waals surface area contributed by atoms with Gasteiger partial charge in [-0.25, -0.2) is 0 Å². The van der Waals surface area contributed by atoms with Crippen LogP contribution in [-0.2, 0) is 0 Å². The summed E-state index contributed by atoms with van der Waals surface area (Å²) in [6.45, 7) is 10.7. The Hall–Kier alpha value is -0.560. The maximum absolute atomic E-state index is 9.41. The van der Waals surface area contributed by atoms with Crippen molar-refractivity contribution >= 4 is 0 Å². The quantitative estimate of drug-likeness (QED) is 0.703. The number of hydrogen-bond acceptors (Lipinski definition) is 1. The number of aliphatic hydroxyl groups excluding tert-OH is 1. The lowest BCUT2D eigenvalue weighted by Crippen LogP contribution is -2.19. The largest absolute Gasteiger partial charge is 0.393 e. The molecule has 1 nitrogen and oxygen atoms in total. The van der Waals surface area contributed by atoms with E-state index in [1.54, 1.807) is 0 Å². The summed E-state index contributed by atoms with van der Waals surface area (Å²) in [5, 5.41) is 9.41. The summed E-state index contributed by atoms with van der Waals surface area (Å²) in [5.74, 6) is 0.848. The van der Waals surface area contributed by atoms with Gasteiger partial charge in [0.05, 0.1) is 6.10 Å². The smallest absolute Gasteiger partial charge is 0.0572 e. The molecule has 0 fully saturated rings. The summed E-state index contributed by atoms with van der Waals surface area (Å²) in [6.07, 6.45) is 7.66. The highest BCUT2D eigenvalue weighted by molar-refractivity contribution is 5.22. The summed E-state index contributed by atoms with van der Waals surface area (Å²) in [7, 11) is 0. The van der Waals surface area contributed by atoms with Crippen molar-refractivity contribution in [2.75, 3.05) is 0 Å². The molecule has 0 heterocycles. The van der Waals surface area contributed by atoms with Crippen LogP contribution in [0.15, 0.2) is 23.8 Å². The third kappa shape index (κ3) is 2.72. The highest BCUT2D eigenvalue weighted by Gasteiger charge is 2.32. The first-order valence-corrected chi connectivity index (χ1v) is 5.89. The molecule has 0 aromatic rings. The molecule has 0 aromatic carbocycles. The number of hydrogen-bond donors (Lipinski definition) is 1. The van der Waals surface area contributed by atoms with Crippen molar-refractivity contribution in [2.24, 2.45) is 17.3 Å². The fraction of sp³-hybridized carbons (Fsp3) is 0.714. The van der Waals surface area contributed by atoms with Crippen LogP contribution >= 0.6 is 0 Å². The van der Waals surface area contributed by atoms with Crippen LogP contribution in [0.1, 0.15) is 41.0 Å². The average Bonchev–Trinajstić information content (AvgIpc) is 2.39. The Morgan fingerprint density at radius 1 is 1.47 bits per heavy atom. The second-order valence-electron chi connectivity index (χ2n) is 5.44. The van der Waals surface area contributed by atoms with E-state index in [1.165, 1.54) is 5.57 Å². The van der Waals surface area contributed by atoms with E-state index < -0.39 is 0 Å². The van der Waals surface area contributed by atoms with Gasteiger partial charge in [0.15, 0.2) is 0 Å². The molecule has 1 N–H and O–H groups in total. The second-order valence-corrected chi connectivity index (χ2v) is 5.44. The van der Waals surface area contributed by atoms with E-state index in [1.807, 2.05) is 6.92 Å². The summed E-state index contributed by atoms with van der Waals surface area (Å²) >= 11 is 0. The fourth-order valence-corrected chi connectivity index (χ4v) is 1.94. The van der Waals surface area contributed by atoms with Crippen molar-refractivity contribution in [3.8, 4) is 0 Å². The Morgan fingerprint density at radius 3 is 2.47 bits per heavy atom. The van der Waals surface area contributed by atoms with Crippen LogP contribution in [0.5, 0.6) is 0 Å². The minimum atomic E-state index is -0.250. The number of rotatable bonds is 3. The highest BCUT2D eigenvalue weighted by Crippen LogP contribution is 2.43. The molecule has 1 rings (SSSR count). The average molecular weight is 208 g/mol. The Kier molecular flexibility index (Phi) is 3.77. The van der Waals surface area contributed by atoms with Crippen molar-refractivity contribution in [2.45, 2.75) is 47.1 Å². The number of allylic oxidation sites excluding steroid dienone is 3. The first kappa shape index (κ1) is 12.5. The topological polar surface area (TPSA) is 20.2 Å². The van der Waals surface area contributed by atoms with E-state index in [0.717, 1.165) is 6.42 Å². The first-order chi connectivity index (χ1) is 6.85. The Morgan fingerprint density at radius 2 is 2.07 bits per heavy atom. The zero-order valence-electron chi connectivity index (χ0n) is 10.6. The molecule has 1 aliphatic rings. The first-order valence-electron chi connectivity index (χ1n) is 5.89. The molecule has 0 spiro atoms. The van der Waals surface area contributed by atoms with Crippen LogP contribution < -0.4 is 0 Å². The van der Waals surface area contributed by atoms with Crippen LogP contribution in [-0.4, -0.2) is 11.2 Å². The summed E-state index contributed by atoms with van der Waals surface area (Å²) < 4.78 is 0. The van der Waals surface area contributed by atoms with Crippen molar-refractivity contribution in [3.05, 3.63) is 23.8 Å². The molecule has 1 unspecified atom stereocenters. The maximum atomic E-state index is 9.41. The van der Waals surface area contributed by atoms with Gasteiger partial charge in [0, 0.05) is 0 Å². The molecule has 0 saturated carbocycles. The minimum Gasteiger partial charge on any atom is -0.393 e. The van der Waals surface area contributed by atoms with Crippen LogP contribution in [0.4, 0.5) is 0 Å². The lowest BCUT2D eigenvalue weighted by Gasteiger charge is -2.27. The van der Waals surface area contributed by atoms with E-state index in [-0.39, 0.29) is 17.4 Å². The van der Waals surface area contributed by atoms with Crippen LogP contribution in [0, 0.1) is 17.3 Å². The molecule has 3 atom stereocenters. The van der Waals surface area contributed by atoms with Crippen molar-refractivity contribution < 1.29 is 5.11 Å². The van der Waals surface area contributed by atoms with E-state index in [0.29, 0.717) is 5.92 Å². The van der Waals surface area contributed by atoms with E-state index in [2.05, 4.69) is 45.9 Å². The Labute approximate surface area is 93.9 Å². The molecular weight excluding hydrogens is 184 g/mol. The minimum absolute atomic E-state index is 0.250. The molecule has 1 aliphatic carbocycles. The molecule has 0 aliphatic heterocycles. The van der Waals surface area contributed by atoms with Crippen LogP contribution in [0.3, 0.4) is 0 Å². The van der Waals surface area contributed by atoms with E-state index >= 15 is 0 Å². The van der Waals surface area contributed by atoms with Gasteiger partial charge in [-0.2, -0.15) is 0 Å². The lowest BCUT2D eigenvalue weighted by atomic mass is 9.77. The predicted octanol–water partition coefficient (Wildman–Crippen LogP) is 3.55. The third-order valence-electron chi connectivity index (χ3n) is 4.03.